The van der Waals surface area contributed by atoms with E-state index in [1.54, 1.807) is 0 Å². The topological polar surface area (TPSA) is 71.2 Å². The van der Waals surface area contributed by atoms with E-state index in [1.165, 1.54) is 0 Å². The molecule has 138 valence electrons. The fraction of sp³-hybridized carbons (Fsp3) is 0.176. The van der Waals surface area contributed by atoms with Gasteiger partial charge in [0, 0.05) is 23.6 Å². The Morgan fingerprint density at radius 3 is 2.42 bits per heavy atom. The standard InChI is InChI=1S/C17H15F3N2O3S/c18-17(19,20)25-13-5-7-14(8-6-13)26(23,24)22-10-9-12-11-21-16-4-2-1-3-15(12)16/h1-8,11,21-22H,9-10H2. The molecule has 3 rings (SSSR count). The van der Waals surface area contributed by atoms with Crippen LogP contribution >= 0.6 is 0 Å². The van der Waals surface area contributed by atoms with Gasteiger partial charge in [0.1, 0.15) is 5.75 Å². The van der Waals surface area contributed by atoms with E-state index in [0.717, 1.165) is 40.7 Å². The quantitative estimate of drug-likeness (QED) is 0.682. The molecule has 0 bridgehead atoms. The van der Waals surface area contributed by atoms with Gasteiger partial charge in [0.25, 0.3) is 0 Å². The van der Waals surface area contributed by atoms with Crippen molar-refractivity contribution in [2.24, 2.45) is 0 Å². The monoisotopic (exact) mass is 384 g/mol. The number of halogens is 3. The van der Waals surface area contributed by atoms with Crippen LogP contribution < -0.4 is 9.46 Å². The van der Waals surface area contributed by atoms with Gasteiger partial charge in [-0.1, -0.05) is 18.2 Å². The van der Waals surface area contributed by atoms with E-state index < -0.39 is 22.1 Å². The van der Waals surface area contributed by atoms with Gasteiger partial charge < -0.3 is 9.72 Å². The predicted molar refractivity (Wildman–Crippen MR) is 90.3 cm³/mol. The number of para-hydroxylation sites is 1. The molecule has 26 heavy (non-hydrogen) atoms. The zero-order valence-electron chi connectivity index (χ0n) is 13.4. The van der Waals surface area contributed by atoms with Crippen LogP contribution in [-0.4, -0.2) is 26.3 Å². The molecule has 2 aromatic carbocycles. The van der Waals surface area contributed by atoms with E-state index in [9.17, 15) is 21.6 Å². The van der Waals surface area contributed by atoms with E-state index in [0.29, 0.717) is 6.42 Å². The summed E-state index contributed by atoms with van der Waals surface area (Å²) in [5.74, 6) is -0.477. The lowest BCUT2D eigenvalue weighted by Crippen LogP contribution is -2.26. The van der Waals surface area contributed by atoms with Gasteiger partial charge in [-0.25, -0.2) is 13.1 Å². The second kappa shape index (κ2) is 7.00. The summed E-state index contributed by atoms with van der Waals surface area (Å²) < 4.78 is 67.0. The van der Waals surface area contributed by atoms with Crippen molar-refractivity contribution in [2.75, 3.05) is 6.54 Å². The second-order valence-corrected chi connectivity index (χ2v) is 7.29. The summed E-state index contributed by atoms with van der Waals surface area (Å²) in [6.07, 6.45) is -2.53. The number of benzene rings is 2. The summed E-state index contributed by atoms with van der Waals surface area (Å²) in [5, 5.41) is 1.01. The van der Waals surface area contributed by atoms with Crippen LogP contribution in [-0.2, 0) is 16.4 Å². The number of aromatic amines is 1. The SMILES string of the molecule is O=S(=O)(NCCc1c[nH]c2ccccc12)c1ccc(OC(F)(F)F)cc1. The zero-order valence-corrected chi connectivity index (χ0v) is 14.2. The maximum Gasteiger partial charge on any atom is 0.573 e. The lowest BCUT2D eigenvalue weighted by Gasteiger charge is -2.10. The number of hydrogen-bond donors (Lipinski definition) is 2. The molecule has 5 nitrogen and oxygen atoms in total. The van der Waals surface area contributed by atoms with Crippen LogP contribution in [0.4, 0.5) is 13.2 Å². The summed E-state index contributed by atoms with van der Waals surface area (Å²) in [5.41, 5.74) is 1.93. The Bertz CT molecular complexity index is 996. The lowest BCUT2D eigenvalue weighted by atomic mass is 10.1. The lowest BCUT2D eigenvalue weighted by molar-refractivity contribution is -0.274. The highest BCUT2D eigenvalue weighted by Crippen LogP contribution is 2.24. The van der Waals surface area contributed by atoms with Crippen LogP contribution in [0.3, 0.4) is 0 Å². The van der Waals surface area contributed by atoms with Crippen LogP contribution in [0.1, 0.15) is 5.56 Å². The molecular formula is C17H15F3N2O3S. The average Bonchev–Trinajstić information content (AvgIpc) is 2.97. The number of nitrogens with one attached hydrogen (secondary N) is 2. The molecule has 1 heterocycles. The first-order valence-corrected chi connectivity index (χ1v) is 9.13. The number of aromatic nitrogens is 1. The number of rotatable bonds is 6. The van der Waals surface area contributed by atoms with E-state index in [2.05, 4.69) is 14.4 Å². The number of alkyl halides is 3. The maximum absolute atomic E-state index is 12.2. The summed E-state index contributed by atoms with van der Waals surface area (Å²) in [6, 6.07) is 11.7. The number of hydrogen-bond acceptors (Lipinski definition) is 3. The molecule has 2 N–H and O–H groups in total. The molecular weight excluding hydrogens is 369 g/mol. The third-order valence-corrected chi connectivity index (χ3v) is 5.21. The minimum atomic E-state index is -4.82. The van der Waals surface area contributed by atoms with Crippen molar-refractivity contribution in [1.29, 1.82) is 0 Å². The molecule has 0 aliphatic heterocycles. The largest absolute Gasteiger partial charge is 0.573 e. The first-order valence-electron chi connectivity index (χ1n) is 7.65. The smallest absolute Gasteiger partial charge is 0.406 e. The van der Waals surface area contributed by atoms with Gasteiger partial charge in [-0.15, -0.1) is 13.2 Å². The van der Waals surface area contributed by atoms with Crippen molar-refractivity contribution in [3.63, 3.8) is 0 Å². The van der Waals surface area contributed by atoms with Gasteiger partial charge >= 0.3 is 6.36 Å². The number of sulfonamides is 1. The van der Waals surface area contributed by atoms with Crippen LogP contribution in [0, 0.1) is 0 Å². The van der Waals surface area contributed by atoms with Crippen molar-refractivity contribution in [1.82, 2.24) is 9.71 Å². The second-order valence-electron chi connectivity index (χ2n) is 5.53. The van der Waals surface area contributed by atoms with Gasteiger partial charge in [-0.05, 0) is 42.3 Å². The van der Waals surface area contributed by atoms with Gasteiger partial charge in [-0.3, -0.25) is 0 Å². The first kappa shape index (κ1) is 18.3. The van der Waals surface area contributed by atoms with Crippen molar-refractivity contribution >= 4 is 20.9 Å². The highest BCUT2D eigenvalue weighted by molar-refractivity contribution is 7.89. The third kappa shape index (κ3) is 4.36. The Morgan fingerprint density at radius 1 is 1.04 bits per heavy atom. The molecule has 0 saturated heterocycles. The molecule has 0 spiro atoms. The van der Waals surface area contributed by atoms with Crippen LogP contribution in [0.5, 0.6) is 5.75 Å². The number of fused-ring (bicyclic) bond motifs is 1. The normalized spacial score (nSPS) is 12.4. The van der Waals surface area contributed by atoms with Crippen LogP contribution in [0.25, 0.3) is 10.9 Å². The Balaban J connectivity index is 1.63. The first-order chi connectivity index (χ1) is 12.2. The zero-order chi connectivity index (χ0) is 18.8. The number of H-pyrrole nitrogens is 1. The summed E-state index contributed by atoms with van der Waals surface area (Å²) in [7, 11) is -3.82. The molecule has 0 aliphatic rings. The molecule has 1 aromatic heterocycles. The van der Waals surface area contributed by atoms with Crippen molar-refractivity contribution < 1.29 is 26.3 Å². The van der Waals surface area contributed by atoms with E-state index >= 15 is 0 Å². The molecule has 0 amide bonds. The van der Waals surface area contributed by atoms with Crippen molar-refractivity contribution in [3.8, 4) is 5.75 Å². The Hall–Kier alpha value is -2.52. The maximum atomic E-state index is 12.2. The highest BCUT2D eigenvalue weighted by Gasteiger charge is 2.31. The summed E-state index contributed by atoms with van der Waals surface area (Å²) in [6.45, 7) is 0.158. The minimum absolute atomic E-state index is 0.133. The van der Waals surface area contributed by atoms with E-state index in [4.69, 9.17) is 0 Å². The Kier molecular flexibility index (Phi) is 4.92. The Morgan fingerprint density at radius 2 is 1.73 bits per heavy atom. The van der Waals surface area contributed by atoms with Gasteiger partial charge in [0.05, 0.1) is 4.90 Å². The minimum Gasteiger partial charge on any atom is -0.406 e. The molecule has 9 heteroatoms. The fourth-order valence-corrected chi connectivity index (χ4v) is 3.59. The Labute approximate surface area is 147 Å². The third-order valence-electron chi connectivity index (χ3n) is 3.73. The van der Waals surface area contributed by atoms with E-state index in [1.807, 2.05) is 30.5 Å². The molecule has 0 fully saturated rings. The van der Waals surface area contributed by atoms with E-state index in [-0.39, 0.29) is 11.4 Å². The highest BCUT2D eigenvalue weighted by atomic mass is 32.2. The van der Waals surface area contributed by atoms with Crippen molar-refractivity contribution in [3.05, 3.63) is 60.3 Å². The van der Waals surface area contributed by atoms with Gasteiger partial charge in [0.15, 0.2) is 0 Å². The number of ether oxygens (including phenoxy) is 1. The van der Waals surface area contributed by atoms with Crippen LogP contribution in [0.15, 0.2) is 59.6 Å². The molecule has 0 aliphatic carbocycles. The molecule has 0 radical (unpaired) electrons. The average molecular weight is 384 g/mol. The van der Waals surface area contributed by atoms with Crippen LogP contribution in [0.2, 0.25) is 0 Å². The summed E-state index contributed by atoms with van der Waals surface area (Å²) in [4.78, 5) is 2.98. The van der Waals surface area contributed by atoms with Crippen molar-refractivity contribution in [2.45, 2.75) is 17.7 Å². The fourth-order valence-electron chi connectivity index (χ4n) is 2.56. The molecule has 0 saturated carbocycles. The van der Waals surface area contributed by atoms with Gasteiger partial charge in [-0.2, -0.15) is 0 Å². The molecule has 0 unspecified atom stereocenters. The van der Waals surface area contributed by atoms with Gasteiger partial charge in [0.2, 0.25) is 10.0 Å². The molecule has 3 aromatic rings. The predicted octanol–water partition coefficient (Wildman–Crippen LogP) is 3.59. The molecule has 0 atom stereocenters. The summed E-state index contributed by atoms with van der Waals surface area (Å²) >= 11 is 0.